The second-order valence-electron chi connectivity index (χ2n) is 6.52. The molecule has 2 aliphatic rings. The molecule has 0 radical (unpaired) electrons. The van der Waals surface area contributed by atoms with Crippen molar-refractivity contribution in [2.45, 2.75) is 83.2 Å². The summed E-state index contributed by atoms with van der Waals surface area (Å²) in [6.07, 6.45) is 11.4. The van der Waals surface area contributed by atoms with E-state index >= 15 is 0 Å². The summed E-state index contributed by atoms with van der Waals surface area (Å²) in [6.45, 7) is 3.21. The summed E-state index contributed by atoms with van der Waals surface area (Å²) in [7, 11) is 0. The molecule has 1 saturated carbocycles. The van der Waals surface area contributed by atoms with Gasteiger partial charge in [0.1, 0.15) is 0 Å². The fourth-order valence-electron chi connectivity index (χ4n) is 3.84. The molecule has 1 heterocycles. The van der Waals surface area contributed by atoms with Gasteiger partial charge in [-0.2, -0.15) is 0 Å². The Morgan fingerprint density at radius 3 is 2.79 bits per heavy atom. The highest BCUT2D eigenvalue weighted by atomic mass is 16.2. The van der Waals surface area contributed by atoms with Gasteiger partial charge in [-0.25, -0.2) is 0 Å². The highest BCUT2D eigenvalue weighted by molar-refractivity contribution is 5.77. The minimum atomic E-state index is 0.333. The van der Waals surface area contributed by atoms with Crippen LogP contribution >= 0.6 is 0 Å². The molecular formula is C16H30N2O. The van der Waals surface area contributed by atoms with Gasteiger partial charge < -0.3 is 10.6 Å². The van der Waals surface area contributed by atoms with Crippen molar-refractivity contribution in [2.24, 2.45) is 11.7 Å². The van der Waals surface area contributed by atoms with Crippen LogP contribution in [-0.4, -0.2) is 29.4 Å². The lowest BCUT2D eigenvalue weighted by Gasteiger charge is -2.37. The lowest BCUT2D eigenvalue weighted by molar-refractivity contribution is -0.136. The molecule has 1 saturated heterocycles. The van der Waals surface area contributed by atoms with E-state index in [0.717, 1.165) is 25.8 Å². The second kappa shape index (κ2) is 7.28. The number of piperidine rings is 1. The lowest BCUT2D eigenvalue weighted by atomic mass is 9.83. The van der Waals surface area contributed by atoms with Gasteiger partial charge in [0.2, 0.25) is 5.91 Å². The smallest absolute Gasteiger partial charge is 0.223 e. The maximum absolute atomic E-state index is 12.5. The van der Waals surface area contributed by atoms with E-state index in [4.69, 9.17) is 5.73 Å². The maximum Gasteiger partial charge on any atom is 0.223 e. The number of amides is 1. The molecule has 3 unspecified atom stereocenters. The molecule has 0 aromatic carbocycles. The average molecular weight is 266 g/mol. The molecule has 0 bridgehead atoms. The SMILES string of the molecule is CCCC1CCCCN1C(=O)CC1CCCC(N)C1. The van der Waals surface area contributed by atoms with Crippen molar-refractivity contribution in [3.63, 3.8) is 0 Å². The van der Waals surface area contributed by atoms with Gasteiger partial charge in [0, 0.05) is 25.0 Å². The number of carbonyl (C=O) groups excluding carboxylic acids is 1. The Hall–Kier alpha value is -0.570. The summed E-state index contributed by atoms with van der Waals surface area (Å²) in [5.74, 6) is 0.942. The van der Waals surface area contributed by atoms with Crippen molar-refractivity contribution in [1.29, 1.82) is 0 Å². The van der Waals surface area contributed by atoms with Gasteiger partial charge in [-0.15, -0.1) is 0 Å². The molecule has 1 aliphatic heterocycles. The van der Waals surface area contributed by atoms with E-state index in [0.29, 0.717) is 23.9 Å². The van der Waals surface area contributed by atoms with Crippen molar-refractivity contribution in [1.82, 2.24) is 4.90 Å². The lowest BCUT2D eigenvalue weighted by Crippen LogP contribution is -2.44. The second-order valence-corrected chi connectivity index (χ2v) is 6.52. The number of rotatable bonds is 4. The molecule has 0 aromatic heterocycles. The van der Waals surface area contributed by atoms with Crippen molar-refractivity contribution >= 4 is 5.91 Å². The largest absolute Gasteiger partial charge is 0.340 e. The first-order chi connectivity index (χ1) is 9.20. The van der Waals surface area contributed by atoms with Gasteiger partial charge >= 0.3 is 0 Å². The fraction of sp³-hybridized carbons (Fsp3) is 0.938. The van der Waals surface area contributed by atoms with Crippen LogP contribution in [0, 0.1) is 5.92 Å². The Morgan fingerprint density at radius 2 is 2.05 bits per heavy atom. The molecule has 1 aliphatic carbocycles. The highest BCUT2D eigenvalue weighted by Gasteiger charge is 2.29. The predicted octanol–water partition coefficient (Wildman–Crippen LogP) is 3.08. The standard InChI is InChI=1S/C16H30N2O/c1-2-6-15-9-3-4-10-18(15)16(19)12-13-7-5-8-14(17)11-13/h13-15H,2-12,17H2,1H3. The Kier molecular flexibility index (Phi) is 5.68. The summed E-state index contributed by atoms with van der Waals surface area (Å²) in [4.78, 5) is 14.7. The molecule has 1 amide bonds. The van der Waals surface area contributed by atoms with Crippen LogP contribution in [0.15, 0.2) is 0 Å². The minimum absolute atomic E-state index is 0.333. The Labute approximate surface area is 117 Å². The monoisotopic (exact) mass is 266 g/mol. The zero-order valence-corrected chi connectivity index (χ0v) is 12.4. The van der Waals surface area contributed by atoms with Crippen molar-refractivity contribution < 1.29 is 4.79 Å². The number of hydrogen-bond acceptors (Lipinski definition) is 2. The Bertz CT molecular complexity index is 290. The van der Waals surface area contributed by atoms with E-state index < -0.39 is 0 Å². The summed E-state index contributed by atoms with van der Waals surface area (Å²) in [5, 5.41) is 0. The van der Waals surface area contributed by atoms with Gasteiger partial charge in [0.25, 0.3) is 0 Å². The summed E-state index contributed by atoms with van der Waals surface area (Å²) >= 11 is 0. The van der Waals surface area contributed by atoms with E-state index in [-0.39, 0.29) is 0 Å². The van der Waals surface area contributed by atoms with Gasteiger partial charge in [0.05, 0.1) is 0 Å². The van der Waals surface area contributed by atoms with Crippen LogP contribution in [0.3, 0.4) is 0 Å². The molecule has 2 rings (SSSR count). The van der Waals surface area contributed by atoms with E-state index in [1.165, 1.54) is 44.9 Å². The zero-order chi connectivity index (χ0) is 13.7. The van der Waals surface area contributed by atoms with Crippen LogP contribution < -0.4 is 5.73 Å². The van der Waals surface area contributed by atoms with Crippen LogP contribution in [0.25, 0.3) is 0 Å². The van der Waals surface area contributed by atoms with Gasteiger partial charge in [-0.05, 0) is 50.9 Å². The molecule has 19 heavy (non-hydrogen) atoms. The average Bonchev–Trinajstić information content (AvgIpc) is 2.39. The zero-order valence-electron chi connectivity index (χ0n) is 12.4. The Balaban J connectivity index is 1.86. The quantitative estimate of drug-likeness (QED) is 0.850. The van der Waals surface area contributed by atoms with E-state index in [1.54, 1.807) is 0 Å². The van der Waals surface area contributed by atoms with E-state index in [9.17, 15) is 4.79 Å². The highest BCUT2D eigenvalue weighted by Crippen LogP contribution is 2.28. The first kappa shape index (κ1) is 14.8. The third-order valence-electron chi connectivity index (χ3n) is 4.86. The number of likely N-dealkylation sites (tertiary alicyclic amines) is 1. The van der Waals surface area contributed by atoms with Crippen molar-refractivity contribution in [3.05, 3.63) is 0 Å². The molecule has 0 spiro atoms. The number of nitrogens with zero attached hydrogens (tertiary/aromatic N) is 1. The summed E-state index contributed by atoms with van der Waals surface area (Å²) < 4.78 is 0. The van der Waals surface area contributed by atoms with Gasteiger partial charge in [-0.1, -0.05) is 19.8 Å². The minimum Gasteiger partial charge on any atom is -0.340 e. The molecule has 3 atom stereocenters. The van der Waals surface area contributed by atoms with Crippen LogP contribution in [0.5, 0.6) is 0 Å². The predicted molar refractivity (Wildman–Crippen MR) is 78.8 cm³/mol. The Morgan fingerprint density at radius 1 is 1.21 bits per heavy atom. The topological polar surface area (TPSA) is 46.3 Å². The number of hydrogen-bond donors (Lipinski definition) is 1. The van der Waals surface area contributed by atoms with Gasteiger partial charge in [-0.3, -0.25) is 4.79 Å². The van der Waals surface area contributed by atoms with Crippen LogP contribution in [0.2, 0.25) is 0 Å². The third kappa shape index (κ3) is 4.20. The number of nitrogens with two attached hydrogens (primary N) is 1. The first-order valence-corrected chi connectivity index (χ1v) is 8.25. The molecule has 3 heteroatoms. The van der Waals surface area contributed by atoms with Gasteiger partial charge in [0.15, 0.2) is 0 Å². The fourth-order valence-corrected chi connectivity index (χ4v) is 3.84. The maximum atomic E-state index is 12.5. The molecule has 2 fully saturated rings. The summed E-state index contributed by atoms with van der Waals surface area (Å²) in [5.41, 5.74) is 6.03. The number of carbonyl (C=O) groups is 1. The molecular weight excluding hydrogens is 236 g/mol. The third-order valence-corrected chi connectivity index (χ3v) is 4.86. The van der Waals surface area contributed by atoms with E-state index in [2.05, 4.69) is 11.8 Å². The van der Waals surface area contributed by atoms with Crippen molar-refractivity contribution in [2.75, 3.05) is 6.54 Å². The van der Waals surface area contributed by atoms with Crippen molar-refractivity contribution in [3.8, 4) is 0 Å². The molecule has 0 aromatic rings. The first-order valence-electron chi connectivity index (χ1n) is 8.25. The molecule has 2 N–H and O–H groups in total. The van der Waals surface area contributed by atoms with Crippen LogP contribution in [0.4, 0.5) is 0 Å². The normalized spacial score (nSPS) is 32.3. The molecule has 3 nitrogen and oxygen atoms in total. The van der Waals surface area contributed by atoms with E-state index in [1.807, 2.05) is 0 Å². The summed E-state index contributed by atoms with van der Waals surface area (Å²) in [6, 6.07) is 0.850. The van der Waals surface area contributed by atoms with Crippen LogP contribution in [-0.2, 0) is 4.79 Å². The van der Waals surface area contributed by atoms with Crippen LogP contribution in [0.1, 0.15) is 71.1 Å². The molecule has 110 valence electrons.